The Hall–Kier alpha value is -0.820. The van der Waals surface area contributed by atoms with Crippen LogP contribution in [0.5, 0.6) is 0 Å². The molecule has 0 aliphatic rings. The van der Waals surface area contributed by atoms with Gasteiger partial charge in [-0.3, -0.25) is 0 Å². The van der Waals surface area contributed by atoms with Crippen LogP contribution in [-0.2, 0) is 16.6 Å². The second-order valence-corrected chi connectivity index (χ2v) is 7.71. The van der Waals surface area contributed by atoms with Gasteiger partial charge >= 0.3 is 0 Å². The van der Waals surface area contributed by atoms with Crippen molar-refractivity contribution >= 4 is 45.6 Å². The lowest BCUT2D eigenvalue weighted by atomic mass is 10.2. The zero-order chi connectivity index (χ0) is 16.9. The van der Waals surface area contributed by atoms with Crippen LogP contribution in [0.3, 0.4) is 0 Å². The van der Waals surface area contributed by atoms with Gasteiger partial charge in [-0.05, 0) is 30.7 Å². The molecule has 0 heterocycles. The van der Waals surface area contributed by atoms with E-state index in [0.717, 1.165) is 5.56 Å². The minimum atomic E-state index is -3.82. The van der Waals surface area contributed by atoms with Crippen molar-refractivity contribution in [2.75, 3.05) is 13.1 Å². The van der Waals surface area contributed by atoms with Crippen molar-refractivity contribution in [1.82, 2.24) is 4.31 Å². The Morgan fingerprint density at radius 3 is 2.08 bits per heavy atom. The molecule has 0 saturated carbocycles. The van der Waals surface area contributed by atoms with Gasteiger partial charge in [0.1, 0.15) is 4.90 Å². The first-order valence-corrected chi connectivity index (χ1v) is 9.34. The first kappa shape index (κ1) is 21.2. The minimum absolute atomic E-state index is 0. The zero-order valence-corrected chi connectivity index (χ0v) is 16.0. The first-order chi connectivity index (χ1) is 11.0. The molecule has 2 aromatic rings. The molecule has 0 radical (unpaired) electrons. The van der Waals surface area contributed by atoms with E-state index in [9.17, 15) is 8.42 Å². The van der Waals surface area contributed by atoms with E-state index in [1.165, 1.54) is 16.4 Å². The molecule has 2 N–H and O–H groups in total. The number of nitrogens with two attached hydrogens (primary N) is 1. The summed E-state index contributed by atoms with van der Waals surface area (Å²) in [5.74, 6) is 0. The molecule has 2 aromatic carbocycles. The van der Waals surface area contributed by atoms with Gasteiger partial charge in [0, 0.05) is 13.1 Å². The van der Waals surface area contributed by atoms with E-state index in [4.69, 9.17) is 28.9 Å². The van der Waals surface area contributed by atoms with Crippen LogP contribution in [0, 0.1) is 0 Å². The third kappa shape index (κ3) is 5.09. The second-order valence-electron chi connectivity index (χ2n) is 5.02. The molecule has 0 aliphatic carbocycles. The summed E-state index contributed by atoms with van der Waals surface area (Å²) < 4.78 is 27.4. The molecule has 0 saturated heterocycles. The molecular weight excluding hydrogens is 391 g/mol. The molecule has 0 fully saturated rings. The largest absolute Gasteiger partial charge is 0.330 e. The highest BCUT2D eigenvalue weighted by Crippen LogP contribution is 2.32. The lowest BCUT2D eigenvalue weighted by Gasteiger charge is -2.23. The lowest BCUT2D eigenvalue weighted by molar-refractivity contribution is 0.402. The SMILES string of the molecule is Cl.NCCCN(Cc1ccccc1)S(=O)(=O)c1c(Cl)cccc1Cl. The van der Waals surface area contributed by atoms with E-state index in [2.05, 4.69) is 0 Å². The van der Waals surface area contributed by atoms with Crippen LogP contribution in [0.2, 0.25) is 10.0 Å². The van der Waals surface area contributed by atoms with Crippen molar-refractivity contribution in [2.24, 2.45) is 5.73 Å². The van der Waals surface area contributed by atoms with Gasteiger partial charge in [0.15, 0.2) is 0 Å². The highest BCUT2D eigenvalue weighted by atomic mass is 35.5. The van der Waals surface area contributed by atoms with Gasteiger partial charge in [-0.25, -0.2) is 8.42 Å². The van der Waals surface area contributed by atoms with Crippen molar-refractivity contribution in [1.29, 1.82) is 0 Å². The molecule has 0 atom stereocenters. The number of sulfonamides is 1. The summed E-state index contributed by atoms with van der Waals surface area (Å²) in [6.45, 7) is 0.942. The van der Waals surface area contributed by atoms with E-state index in [0.29, 0.717) is 19.5 Å². The fourth-order valence-corrected chi connectivity index (χ4v) is 4.76. The van der Waals surface area contributed by atoms with E-state index in [-0.39, 0.29) is 33.9 Å². The Kier molecular flexibility index (Phi) is 8.50. The van der Waals surface area contributed by atoms with Crippen molar-refractivity contribution in [3.63, 3.8) is 0 Å². The average molecular weight is 410 g/mol. The van der Waals surface area contributed by atoms with Gasteiger partial charge in [-0.1, -0.05) is 59.6 Å². The number of benzene rings is 2. The molecular formula is C16H19Cl3N2O2S. The zero-order valence-electron chi connectivity index (χ0n) is 12.9. The van der Waals surface area contributed by atoms with Crippen LogP contribution in [0.4, 0.5) is 0 Å². The minimum Gasteiger partial charge on any atom is -0.330 e. The molecule has 132 valence electrons. The van der Waals surface area contributed by atoms with Gasteiger partial charge in [-0.15, -0.1) is 12.4 Å². The molecule has 0 spiro atoms. The first-order valence-electron chi connectivity index (χ1n) is 7.15. The average Bonchev–Trinajstić information content (AvgIpc) is 2.52. The molecule has 24 heavy (non-hydrogen) atoms. The topological polar surface area (TPSA) is 63.4 Å². The molecule has 0 unspecified atom stereocenters. The molecule has 0 amide bonds. The number of nitrogens with zero attached hydrogens (tertiary/aromatic N) is 1. The predicted octanol–water partition coefficient (Wildman–Crippen LogP) is 3.95. The fraction of sp³-hybridized carbons (Fsp3) is 0.250. The Bertz CT molecular complexity index is 735. The summed E-state index contributed by atoms with van der Waals surface area (Å²) >= 11 is 12.2. The van der Waals surface area contributed by atoms with Crippen LogP contribution >= 0.6 is 35.6 Å². The predicted molar refractivity (Wildman–Crippen MR) is 101 cm³/mol. The maximum absolute atomic E-state index is 13.0. The van der Waals surface area contributed by atoms with E-state index < -0.39 is 10.0 Å². The van der Waals surface area contributed by atoms with Crippen molar-refractivity contribution in [3.05, 3.63) is 64.1 Å². The van der Waals surface area contributed by atoms with E-state index in [1.807, 2.05) is 30.3 Å². The van der Waals surface area contributed by atoms with Gasteiger partial charge < -0.3 is 5.73 Å². The van der Waals surface area contributed by atoms with Crippen LogP contribution in [0.15, 0.2) is 53.4 Å². The molecule has 0 aliphatic heterocycles. The fourth-order valence-electron chi connectivity index (χ4n) is 2.20. The molecule has 0 bridgehead atoms. The third-order valence-corrected chi connectivity index (χ3v) is 6.13. The van der Waals surface area contributed by atoms with E-state index in [1.54, 1.807) is 6.07 Å². The summed E-state index contributed by atoms with van der Waals surface area (Å²) in [7, 11) is -3.82. The van der Waals surface area contributed by atoms with Crippen molar-refractivity contribution < 1.29 is 8.42 Å². The van der Waals surface area contributed by atoms with Gasteiger partial charge in [0.05, 0.1) is 10.0 Å². The monoisotopic (exact) mass is 408 g/mol. The Labute approximate surface area is 159 Å². The van der Waals surface area contributed by atoms with Gasteiger partial charge in [-0.2, -0.15) is 4.31 Å². The smallest absolute Gasteiger partial charge is 0.246 e. The number of hydrogen-bond donors (Lipinski definition) is 1. The maximum atomic E-state index is 13.0. The number of halogens is 3. The lowest BCUT2D eigenvalue weighted by Crippen LogP contribution is -2.33. The molecule has 2 rings (SSSR count). The van der Waals surface area contributed by atoms with Crippen molar-refractivity contribution in [3.8, 4) is 0 Å². The normalized spacial score (nSPS) is 11.3. The maximum Gasteiger partial charge on any atom is 0.246 e. The highest BCUT2D eigenvalue weighted by Gasteiger charge is 2.28. The summed E-state index contributed by atoms with van der Waals surface area (Å²) in [5, 5.41) is 0.228. The molecule has 4 nitrogen and oxygen atoms in total. The molecule has 0 aromatic heterocycles. The standard InChI is InChI=1S/C16H18Cl2N2O2S.ClH/c17-14-8-4-9-15(18)16(14)23(21,22)20(11-5-10-19)12-13-6-2-1-3-7-13;/h1-4,6-9H,5,10-12,19H2;1H. The van der Waals surface area contributed by atoms with Gasteiger partial charge in [0.25, 0.3) is 0 Å². The summed E-state index contributed by atoms with van der Waals surface area (Å²) in [6.07, 6.45) is 0.550. The van der Waals surface area contributed by atoms with Crippen LogP contribution < -0.4 is 5.73 Å². The Morgan fingerprint density at radius 2 is 1.54 bits per heavy atom. The van der Waals surface area contributed by atoms with Crippen LogP contribution in [0.25, 0.3) is 0 Å². The summed E-state index contributed by atoms with van der Waals surface area (Å²) in [4.78, 5) is -0.0590. The quantitative estimate of drug-likeness (QED) is 0.753. The Morgan fingerprint density at radius 1 is 0.958 bits per heavy atom. The van der Waals surface area contributed by atoms with Crippen molar-refractivity contribution in [2.45, 2.75) is 17.9 Å². The number of hydrogen-bond acceptors (Lipinski definition) is 3. The van der Waals surface area contributed by atoms with E-state index >= 15 is 0 Å². The number of rotatable bonds is 7. The Balaban J connectivity index is 0.00000288. The van der Waals surface area contributed by atoms with Crippen LogP contribution in [-0.4, -0.2) is 25.8 Å². The second kappa shape index (κ2) is 9.61. The van der Waals surface area contributed by atoms with Crippen LogP contribution in [0.1, 0.15) is 12.0 Å². The third-order valence-electron chi connectivity index (χ3n) is 3.33. The van der Waals surface area contributed by atoms with Gasteiger partial charge in [0.2, 0.25) is 10.0 Å². The molecule has 8 heteroatoms. The summed E-state index contributed by atoms with van der Waals surface area (Å²) in [6, 6.07) is 14.0. The highest BCUT2D eigenvalue weighted by molar-refractivity contribution is 7.89. The summed E-state index contributed by atoms with van der Waals surface area (Å²) in [5.41, 5.74) is 6.42.